The summed E-state index contributed by atoms with van der Waals surface area (Å²) in [5.74, 6) is 0.916. The van der Waals surface area contributed by atoms with Crippen LogP contribution in [-0.4, -0.2) is 39.6 Å². The second kappa shape index (κ2) is 6.18. The summed E-state index contributed by atoms with van der Waals surface area (Å²) in [6.45, 7) is 3.02. The Morgan fingerprint density at radius 2 is 2.17 bits per heavy atom. The molecule has 18 heavy (non-hydrogen) atoms. The quantitative estimate of drug-likeness (QED) is 0.833. The van der Waals surface area contributed by atoms with Crippen LogP contribution in [-0.2, 0) is 16.0 Å². The molecule has 4 nitrogen and oxygen atoms in total. The van der Waals surface area contributed by atoms with Gasteiger partial charge in [0.2, 0.25) is 0 Å². The lowest BCUT2D eigenvalue weighted by atomic mass is 10.0. The van der Waals surface area contributed by atoms with Crippen molar-refractivity contribution >= 4 is 0 Å². The Labute approximate surface area is 108 Å². The van der Waals surface area contributed by atoms with Crippen LogP contribution in [0.2, 0.25) is 0 Å². The van der Waals surface area contributed by atoms with Crippen LogP contribution in [0.3, 0.4) is 0 Å². The predicted molar refractivity (Wildman–Crippen MR) is 69.9 cm³/mol. The van der Waals surface area contributed by atoms with Gasteiger partial charge in [0.1, 0.15) is 11.4 Å². The first-order valence-corrected chi connectivity index (χ1v) is 6.25. The fraction of sp³-hybridized carbons (Fsp3) is 0.571. The van der Waals surface area contributed by atoms with E-state index in [1.807, 2.05) is 18.2 Å². The normalized spacial score (nSPS) is 23.2. The maximum atomic E-state index is 5.57. The Balaban J connectivity index is 1.88. The smallest absolute Gasteiger partial charge is 0.123 e. The molecule has 2 rings (SSSR count). The van der Waals surface area contributed by atoms with Crippen molar-refractivity contribution in [2.45, 2.75) is 18.6 Å². The molecule has 0 aliphatic carbocycles. The summed E-state index contributed by atoms with van der Waals surface area (Å²) in [5.41, 5.74) is 0.993. The SMILES string of the molecule is COc1ccccc1CNCC1(OC)CCOC1. The van der Waals surface area contributed by atoms with E-state index >= 15 is 0 Å². The highest BCUT2D eigenvalue weighted by Crippen LogP contribution is 2.22. The molecule has 0 spiro atoms. The van der Waals surface area contributed by atoms with Gasteiger partial charge in [-0.05, 0) is 6.07 Å². The number of hydrogen-bond acceptors (Lipinski definition) is 4. The Bertz CT molecular complexity index is 375. The van der Waals surface area contributed by atoms with Gasteiger partial charge in [0.05, 0.1) is 13.7 Å². The van der Waals surface area contributed by atoms with Gasteiger partial charge in [-0.3, -0.25) is 0 Å². The van der Waals surface area contributed by atoms with E-state index in [1.54, 1.807) is 14.2 Å². The van der Waals surface area contributed by atoms with Crippen LogP contribution >= 0.6 is 0 Å². The van der Waals surface area contributed by atoms with Crippen molar-refractivity contribution in [3.05, 3.63) is 29.8 Å². The van der Waals surface area contributed by atoms with Gasteiger partial charge >= 0.3 is 0 Å². The molecule has 1 fully saturated rings. The summed E-state index contributed by atoms with van der Waals surface area (Å²) in [4.78, 5) is 0. The van der Waals surface area contributed by atoms with E-state index in [0.29, 0.717) is 6.61 Å². The Kier molecular flexibility index (Phi) is 4.58. The zero-order chi connectivity index (χ0) is 12.8. The third kappa shape index (κ3) is 3.02. The van der Waals surface area contributed by atoms with Crippen molar-refractivity contribution in [2.75, 3.05) is 34.0 Å². The molecule has 1 aromatic carbocycles. The maximum absolute atomic E-state index is 5.57. The number of hydrogen-bond donors (Lipinski definition) is 1. The van der Waals surface area contributed by atoms with E-state index in [9.17, 15) is 0 Å². The molecular weight excluding hydrogens is 230 g/mol. The van der Waals surface area contributed by atoms with Crippen molar-refractivity contribution in [3.63, 3.8) is 0 Å². The fourth-order valence-corrected chi connectivity index (χ4v) is 2.24. The van der Waals surface area contributed by atoms with Gasteiger partial charge in [0.15, 0.2) is 0 Å². The third-order valence-corrected chi connectivity index (χ3v) is 3.46. The zero-order valence-electron chi connectivity index (χ0n) is 11.1. The summed E-state index contributed by atoms with van der Waals surface area (Å²) in [6.07, 6.45) is 0.947. The minimum absolute atomic E-state index is 0.165. The van der Waals surface area contributed by atoms with E-state index in [4.69, 9.17) is 14.2 Å². The van der Waals surface area contributed by atoms with Gasteiger partial charge < -0.3 is 19.5 Å². The summed E-state index contributed by atoms with van der Waals surface area (Å²) >= 11 is 0. The van der Waals surface area contributed by atoms with E-state index in [-0.39, 0.29) is 5.60 Å². The number of rotatable bonds is 6. The van der Waals surface area contributed by atoms with Crippen molar-refractivity contribution in [3.8, 4) is 5.75 Å². The van der Waals surface area contributed by atoms with E-state index in [0.717, 1.165) is 37.4 Å². The number of para-hydroxylation sites is 1. The van der Waals surface area contributed by atoms with Crippen molar-refractivity contribution < 1.29 is 14.2 Å². The molecule has 100 valence electrons. The molecule has 1 N–H and O–H groups in total. The van der Waals surface area contributed by atoms with Crippen LogP contribution in [0, 0.1) is 0 Å². The fourth-order valence-electron chi connectivity index (χ4n) is 2.24. The second-order valence-corrected chi connectivity index (χ2v) is 4.61. The average molecular weight is 251 g/mol. The van der Waals surface area contributed by atoms with E-state index in [2.05, 4.69) is 11.4 Å². The van der Waals surface area contributed by atoms with Crippen molar-refractivity contribution in [1.29, 1.82) is 0 Å². The number of ether oxygens (including phenoxy) is 3. The highest BCUT2D eigenvalue weighted by molar-refractivity contribution is 5.32. The number of benzene rings is 1. The molecule has 0 saturated carbocycles. The topological polar surface area (TPSA) is 39.7 Å². The molecular formula is C14H21NO3. The Morgan fingerprint density at radius 1 is 1.33 bits per heavy atom. The number of methoxy groups -OCH3 is 2. The van der Waals surface area contributed by atoms with Gasteiger partial charge in [-0.15, -0.1) is 0 Å². The Hall–Kier alpha value is -1.10. The zero-order valence-corrected chi connectivity index (χ0v) is 11.1. The summed E-state index contributed by atoms with van der Waals surface area (Å²) in [7, 11) is 3.44. The third-order valence-electron chi connectivity index (χ3n) is 3.46. The molecule has 1 unspecified atom stereocenters. The summed E-state index contributed by atoms with van der Waals surface area (Å²) < 4.78 is 16.3. The highest BCUT2D eigenvalue weighted by Gasteiger charge is 2.34. The molecule has 0 amide bonds. The summed E-state index contributed by atoms with van der Waals surface area (Å²) in [6, 6.07) is 8.03. The first-order valence-electron chi connectivity index (χ1n) is 6.25. The summed E-state index contributed by atoms with van der Waals surface area (Å²) in [5, 5.41) is 3.43. The highest BCUT2D eigenvalue weighted by atomic mass is 16.5. The van der Waals surface area contributed by atoms with Crippen LogP contribution in [0.5, 0.6) is 5.75 Å². The molecule has 1 saturated heterocycles. The molecule has 1 heterocycles. The second-order valence-electron chi connectivity index (χ2n) is 4.61. The lowest BCUT2D eigenvalue weighted by Crippen LogP contribution is -2.42. The average Bonchev–Trinajstić information content (AvgIpc) is 2.89. The largest absolute Gasteiger partial charge is 0.496 e. The Morgan fingerprint density at radius 3 is 2.83 bits per heavy atom. The van der Waals surface area contributed by atoms with Crippen LogP contribution in [0.25, 0.3) is 0 Å². The van der Waals surface area contributed by atoms with Crippen LogP contribution in [0.15, 0.2) is 24.3 Å². The first kappa shape index (κ1) is 13.3. The molecule has 1 aliphatic rings. The lowest BCUT2D eigenvalue weighted by Gasteiger charge is -2.26. The maximum Gasteiger partial charge on any atom is 0.123 e. The standard InChI is InChI=1S/C14H21NO3/c1-16-13-6-4-3-5-12(13)9-15-10-14(17-2)7-8-18-11-14/h3-6,15H,7-11H2,1-2H3. The molecule has 0 bridgehead atoms. The molecule has 1 atom stereocenters. The van der Waals surface area contributed by atoms with Gasteiger partial charge in [-0.1, -0.05) is 18.2 Å². The molecule has 0 aromatic heterocycles. The predicted octanol–water partition coefficient (Wildman–Crippen LogP) is 1.59. The minimum atomic E-state index is -0.165. The van der Waals surface area contributed by atoms with E-state index in [1.165, 1.54) is 0 Å². The molecule has 4 heteroatoms. The molecule has 0 radical (unpaired) electrons. The molecule has 1 aliphatic heterocycles. The lowest BCUT2D eigenvalue weighted by molar-refractivity contribution is -0.0159. The first-order chi connectivity index (χ1) is 8.79. The van der Waals surface area contributed by atoms with Gasteiger partial charge in [-0.2, -0.15) is 0 Å². The number of nitrogens with one attached hydrogen (secondary N) is 1. The monoisotopic (exact) mass is 251 g/mol. The van der Waals surface area contributed by atoms with Gasteiger partial charge in [-0.25, -0.2) is 0 Å². The van der Waals surface area contributed by atoms with Crippen LogP contribution in [0.1, 0.15) is 12.0 Å². The van der Waals surface area contributed by atoms with Crippen molar-refractivity contribution in [1.82, 2.24) is 5.32 Å². The molecule has 1 aromatic rings. The van der Waals surface area contributed by atoms with Gasteiger partial charge in [0, 0.05) is 38.8 Å². The van der Waals surface area contributed by atoms with Crippen LogP contribution in [0.4, 0.5) is 0 Å². The van der Waals surface area contributed by atoms with Crippen molar-refractivity contribution in [2.24, 2.45) is 0 Å². The van der Waals surface area contributed by atoms with Crippen LogP contribution < -0.4 is 10.1 Å². The van der Waals surface area contributed by atoms with E-state index < -0.39 is 0 Å². The van der Waals surface area contributed by atoms with Gasteiger partial charge in [0.25, 0.3) is 0 Å². The minimum Gasteiger partial charge on any atom is -0.496 e.